The summed E-state index contributed by atoms with van der Waals surface area (Å²) in [5, 5.41) is 5.95. The first-order valence-corrected chi connectivity index (χ1v) is 6.10. The third-order valence-electron chi connectivity index (χ3n) is 3.58. The number of imide groups is 1. The van der Waals surface area contributed by atoms with E-state index in [1.807, 2.05) is 30.3 Å². The van der Waals surface area contributed by atoms with Crippen LogP contribution in [-0.4, -0.2) is 35.5 Å². The first-order chi connectivity index (χ1) is 8.71. The number of nitrogens with zero attached hydrogens (tertiary/aromatic N) is 1. The van der Waals surface area contributed by atoms with Gasteiger partial charge in [0.05, 0.1) is 6.54 Å². The lowest BCUT2D eigenvalue weighted by Crippen LogP contribution is -2.48. The third-order valence-corrected chi connectivity index (χ3v) is 3.58. The molecule has 0 saturated carbocycles. The molecule has 5 heteroatoms. The summed E-state index contributed by atoms with van der Waals surface area (Å²) in [6.07, 6.45) is 0.670. The number of urea groups is 1. The molecule has 1 aromatic carbocycles. The standard InChI is InChI=1S/C13H15N3O2/c17-11-13(6-7-14-9-13)15-12(18)16(11)8-10-4-2-1-3-5-10/h1-5,14H,6-9H2,(H,15,18)/t13-/m0/s1. The summed E-state index contributed by atoms with van der Waals surface area (Å²) >= 11 is 0. The summed E-state index contributed by atoms with van der Waals surface area (Å²) in [6.45, 7) is 1.64. The molecule has 2 saturated heterocycles. The van der Waals surface area contributed by atoms with Crippen LogP contribution in [0.25, 0.3) is 0 Å². The van der Waals surface area contributed by atoms with Gasteiger partial charge in [-0.05, 0) is 18.5 Å². The minimum Gasteiger partial charge on any atom is -0.322 e. The summed E-state index contributed by atoms with van der Waals surface area (Å²) in [7, 11) is 0. The summed E-state index contributed by atoms with van der Waals surface area (Å²) < 4.78 is 0. The first kappa shape index (κ1) is 11.2. The predicted octanol–water partition coefficient (Wildman–Crippen LogP) is 0.470. The topological polar surface area (TPSA) is 61.4 Å². The number of rotatable bonds is 2. The number of hydrogen-bond donors (Lipinski definition) is 2. The second kappa shape index (κ2) is 4.10. The van der Waals surface area contributed by atoms with E-state index in [1.165, 1.54) is 4.90 Å². The van der Waals surface area contributed by atoms with Crippen LogP contribution in [0.2, 0.25) is 0 Å². The number of carbonyl (C=O) groups is 2. The zero-order valence-electron chi connectivity index (χ0n) is 9.98. The average molecular weight is 245 g/mol. The molecule has 0 radical (unpaired) electrons. The van der Waals surface area contributed by atoms with Gasteiger partial charge in [0.2, 0.25) is 0 Å². The zero-order valence-corrected chi connectivity index (χ0v) is 9.98. The number of benzene rings is 1. The van der Waals surface area contributed by atoms with Crippen molar-refractivity contribution < 1.29 is 9.59 Å². The Hall–Kier alpha value is -1.88. The minimum absolute atomic E-state index is 0.110. The number of hydrogen-bond acceptors (Lipinski definition) is 3. The number of nitrogens with one attached hydrogen (secondary N) is 2. The molecule has 1 spiro atoms. The minimum atomic E-state index is -0.703. The largest absolute Gasteiger partial charge is 0.325 e. The van der Waals surface area contributed by atoms with Gasteiger partial charge < -0.3 is 10.6 Å². The van der Waals surface area contributed by atoms with Gasteiger partial charge in [-0.1, -0.05) is 30.3 Å². The van der Waals surface area contributed by atoms with Crippen molar-refractivity contribution in [2.45, 2.75) is 18.5 Å². The van der Waals surface area contributed by atoms with Gasteiger partial charge in [0.1, 0.15) is 5.54 Å². The second-order valence-electron chi connectivity index (χ2n) is 4.82. The summed E-state index contributed by atoms with van der Waals surface area (Å²) in [5.74, 6) is -0.110. The molecule has 0 aromatic heterocycles. The average Bonchev–Trinajstić information content (AvgIpc) is 2.93. The van der Waals surface area contributed by atoms with Crippen LogP contribution < -0.4 is 10.6 Å². The summed E-state index contributed by atoms with van der Waals surface area (Å²) in [6, 6.07) is 9.27. The molecule has 1 aromatic rings. The Morgan fingerprint density at radius 1 is 1.22 bits per heavy atom. The Balaban J connectivity index is 1.81. The van der Waals surface area contributed by atoms with E-state index >= 15 is 0 Å². The van der Waals surface area contributed by atoms with Crippen LogP contribution in [0.3, 0.4) is 0 Å². The number of carbonyl (C=O) groups excluding carboxylic acids is 2. The molecular formula is C13H15N3O2. The fourth-order valence-electron chi connectivity index (χ4n) is 2.57. The van der Waals surface area contributed by atoms with Crippen LogP contribution >= 0.6 is 0 Å². The molecule has 3 amide bonds. The van der Waals surface area contributed by atoms with Crippen LogP contribution in [0.15, 0.2) is 30.3 Å². The van der Waals surface area contributed by atoms with Crippen molar-refractivity contribution in [2.75, 3.05) is 13.1 Å². The molecule has 0 unspecified atom stereocenters. The predicted molar refractivity (Wildman–Crippen MR) is 65.7 cm³/mol. The van der Waals surface area contributed by atoms with E-state index in [2.05, 4.69) is 10.6 Å². The Kier molecular flexibility index (Phi) is 2.56. The fourth-order valence-corrected chi connectivity index (χ4v) is 2.57. The molecule has 94 valence electrons. The van der Waals surface area contributed by atoms with Gasteiger partial charge >= 0.3 is 6.03 Å². The Morgan fingerprint density at radius 3 is 2.67 bits per heavy atom. The molecule has 1 atom stereocenters. The van der Waals surface area contributed by atoms with E-state index in [0.29, 0.717) is 19.5 Å². The quantitative estimate of drug-likeness (QED) is 0.745. The van der Waals surface area contributed by atoms with E-state index in [0.717, 1.165) is 12.1 Å². The summed E-state index contributed by atoms with van der Waals surface area (Å²) in [5.41, 5.74) is 0.260. The van der Waals surface area contributed by atoms with Crippen LogP contribution in [0, 0.1) is 0 Å². The van der Waals surface area contributed by atoms with Gasteiger partial charge in [-0.2, -0.15) is 0 Å². The lowest BCUT2D eigenvalue weighted by atomic mass is 9.99. The van der Waals surface area contributed by atoms with Crippen LogP contribution in [0.4, 0.5) is 4.79 Å². The van der Waals surface area contributed by atoms with Gasteiger partial charge in [-0.25, -0.2) is 4.79 Å². The van der Waals surface area contributed by atoms with Crippen molar-refractivity contribution in [2.24, 2.45) is 0 Å². The van der Waals surface area contributed by atoms with Crippen LogP contribution in [0.1, 0.15) is 12.0 Å². The van der Waals surface area contributed by atoms with Gasteiger partial charge in [-0.15, -0.1) is 0 Å². The Labute approximate surface area is 105 Å². The normalized spacial score (nSPS) is 27.0. The van der Waals surface area contributed by atoms with E-state index < -0.39 is 5.54 Å². The molecule has 2 N–H and O–H groups in total. The molecular weight excluding hydrogens is 230 g/mol. The van der Waals surface area contributed by atoms with Gasteiger partial charge in [0, 0.05) is 6.54 Å². The maximum absolute atomic E-state index is 12.3. The summed E-state index contributed by atoms with van der Waals surface area (Å²) in [4.78, 5) is 25.6. The molecule has 2 aliphatic heterocycles. The molecule has 0 bridgehead atoms. The SMILES string of the molecule is O=C1N[C@]2(CCNC2)C(=O)N1Cc1ccccc1. The molecule has 0 aliphatic carbocycles. The lowest BCUT2D eigenvalue weighted by Gasteiger charge is -2.19. The maximum Gasteiger partial charge on any atom is 0.325 e. The van der Waals surface area contributed by atoms with Gasteiger partial charge in [0.15, 0.2) is 0 Å². The molecule has 2 fully saturated rings. The Morgan fingerprint density at radius 2 is 2.00 bits per heavy atom. The molecule has 5 nitrogen and oxygen atoms in total. The van der Waals surface area contributed by atoms with E-state index in [-0.39, 0.29) is 11.9 Å². The highest BCUT2D eigenvalue weighted by Gasteiger charge is 2.52. The fraction of sp³-hybridized carbons (Fsp3) is 0.385. The van der Waals surface area contributed by atoms with Crippen molar-refractivity contribution in [3.05, 3.63) is 35.9 Å². The first-order valence-electron chi connectivity index (χ1n) is 6.10. The third kappa shape index (κ3) is 1.67. The highest BCUT2D eigenvalue weighted by Crippen LogP contribution is 2.25. The van der Waals surface area contributed by atoms with Crippen molar-refractivity contribution in [3.63, 3.8) is 0 Å². The van der Waals surface area contributed by atoms with Crippen molar-refractivity contribution >= 4 is 11.9 Å². The lowest BCUT2D eigenvalue weighted by molar-refractivity contribution is -0.131. The molecule has 18 heavy (non-hydrogen) atoms. The van der Waals surface area contributed by atoms with Crippen LogP contribution in [-0.2, 0) is 11.3 Å². The van der Waals surface area contributed by atoms with Gasteiger partial charge in [-0.3, -0.25) is 9.69 Å². The maximum atomic E-state index is 12.3. The molecule has 2 aliphatic rings. The van der Waals surface area contributed by atoms with Gasteiger partial charge in [0.25, 0.3) is 5.91 Å². The Bertz CT molecular complexity index is 480. The van der Waals surface area contributed by atoms with E-state index in [4.69, 9.17) is 0 Å². The second-order valence-corrected chi connectivity index (χ2v) is 4.82. The smallest absolute Gasteiger partial charge is 0.322 e. The molecule has 3 rings (SSSR count). The van der Waals surface area contributed by atoms with Crippen molar-refractivity contribution in [1.82, 2.24) is 15.5 Å². The van der Waals surface area contributed by atoms with Crippen molar-refractivity contribution in [1.29, 1.82) is 0 Å². The van der Waals surface area contributed by atoms with Crippen LogP contribution in [0.5, 0.6) is 0 Å². The monoisotopic (exact) mass is 245 g/mol. The van der Waals surface area contributed by atoms with Crippen molar-refractivity contribution in [3.8, 4) is 0 Å². The van der Waals surface area contributed by atoms with E-state index in [9.17, 15) is 9.59 Å². The zero-order chi connectivity index (χ0) is 12.6. The highest BCUT2D eigenvalue weighted by atomic mass is 16.2. The number of amides is 3. The highest BCUT2D eigenvalue weighted by molar-refractivity contribution is 6.07. The van der Waals surface area contributed by atoms with E-state index in [1.54, 1.807) is 0 Å². The molecule has 2 heterocycles.